The fourth-order valence-corrected chi connectivity index (χ4v) is 3.03. The summed E-state index contributed by atoms with van der Waals surface area (Å²) in [4.78, 5) is 13.5. The van der Waals surface area contributed by atoms with Crippen LogP contribution in [0.5, 0.6) is 0 Å². The molecule has 4 atom stereocenters. The first-order valence-electron chi connectivity index (χ1n) is 6.19. The zero-order valence-electron chi connectivity index (χ0n) is 10.1. The van der Waals surface area contributed by atoms with Crippen LogP contribution in [-0.4, -0.2) is 40.6 Å². The average molecular weight is 226 g/mol. The summed E-state index contributed by atoms with van der Waals surface area (Å²) in [5.74, 6) is 0.602. The lowest BCUT2D eigenvalue weighted by molar-refractivity contribution is -0.143. The van der Waals surface area contributed by atoms with Gasteiger partial charge in [-0.1, -0.05) is 13.8 Å². The van der Waals surface area contributed by atoms with Gasteiger partial charge in [0.05, 0.1) is 0 Å². The van der Waals surface area contributed by atoms with Gasteiger partial charge in [0.1, 0.15) is 5.54 Å². The molecule has 1 aliphatic carbocycles. The molecule has 0 amide bonds. The Labute approximate surface area is 96.8 Å². The SMILES string of the molecule is CC1CN(C2CCC(N)(C(=O)O)C2)CC1C. The molecule has 1 aliphatic heterocycles. The standard InChI is InChI=1S/C12H22N2O2/c1-8-6-14(7-9(8)2)10-3-4-12(13,5-10)11(15)16/h8-10H,3-7,13H2,1-2H3,(H,15,16). The lowest BCUT2D eigenvalue weighted by Crippen LogP contribution is -2.47. The van der Waals surface area contributed by atoms with Crippen LogP contribution in [0, 0.1) is 11.8 Å². The van der Waals surface area contributed by atoms with E-state index >= 15 is 0 Å². The van der Waals surface area contributed by atoms with Gasteiger partial charge in [0, 0.05) is 19.1 Å². The van der Waals surface area contributed by atoms with Crippen molar-refractivity contribution in [2.45, 2.75) is 44.7 Å². The lowest BCUT2D eigenvalue weighted by Gasteiger charge is -2.25. The van der Waals surface area contributed by atoms with E-state index in [0.29, 0.717) is 18.9 Å². The molecule has 4 unspecified atom stereocenters. The molecule has 0 bridgehead atoms. The topological polar surface area (TPSA) is 66.6 Å². The van der Waals surface area contributed by atoms with Crippen molar-refractivity contribution in [3.63, 3.8) is 0 Å². The van der Waals surface area contributed by atoms with Crippen molar-refractivity contribution in [3.05, 3.63) is 0 Å². The zero-order chi connectivity index (χ0) is 11.9. The molecule has 16 heavy (non-hydrogen) atoms. The Kier molecular flexibility index (Phi) is 2.97. The third-order valence-electron chi connectivity index (χ3n) is 4.48. The second kappa shape index (κ2) is 4.00. The summed E-state index contributed by atoms with van der Waals surface area (Å²) in [6.45, 7) is 6.74. The van der Waals surface area contributed by atoms with Crippen molar-refractivity contribution in [1.29, 1.82) is 0 Å². The van der Waals surface area contributed by atoms with Crippen LogP contribution in [0.2, 0.25) is 0 Å². The van der Waals surface area contributed by atoms with E-state index in [1.165, 1.54) is 0 Å². The van der Waals surface area contributed by atoms with Crippen molar-refractivity contribution in [1.82, 2.24) is 4.90 Å². The molecular formula is C12H22N2O2. The highest BCUT2D eigenvalue weighted by molar-refractivity contribution is 5.79. The number of hydrogen-bond acceptors (Lipinski definition) is 3. The molecule has 1 saturated carbocycles. The first kappa shape index (κ1) is 11.9. The number of carbonyl (C=O) groups is 1. The van der Waals surface area contributed by atoms with E-state index in [1.54, 1.807) is 0 Å². The number of hydrogen-bond donors (Lipinski definition) is 2. The van der Waals surface area contributed by atoms with Gasteiger partial charge in [-0.15, -0.1) is 0 Å². The monoisotopic (exact) mass is 226 g/mol. The Morgan fingerprint density at radius 1 is 1.38 bits per heavy atom. The van der Waals surface area contributed by atoms with E-state index in [4.69, 9.17) is 10.8 Å². The molecule has 2 fully saturated rings. The minimum Gasteiger partial charge on any atom is -0.480 e. The molecule has 0 radical (unpaired) electrons. The summed E-state index contributed by atoms with van der Waals surface area (Å²) >= 11 is 0. The first-order chi connectivity index (χ1) is 7.42. The van der Waals surface area contributed by atoms with Gasteiger partial charge in [0.2, 0.25) is 0 Å². The molecule has 0 aromatic heterocycles. The van der Waals surface area contributed by atoms with Gasteiger partial charge >= 0.3 is 5.97 Å². The third-order valence-corrected chi connectivity index (χ3v) is 4.48. The molecule has 4 heteroatoms. The second-order valence-electron chi connectivity index (χ2n) is 5.77. The van der Waals surface area contributed by atoms with E-state index in [2.05, 4.69) is 18.7 Å². The number of nitrogens with two attached hydrogens (primary N) is 1. The molecule has 1 heterocycles. The number of rotatable bonds is 2. The van der Waals surface area contributed by atoms with Gasteiger partial charge in [-0.05, 0) is 31.1 Å². The smallest absolute Gasteiger partial charge is 0.323 e. The molecule has 0 aromatic carbocycles. The summed E-state index contributed by atoms with van der Waals surface area (Å²) in [5, 5.41) is 9.09. The van der Waals surface area contributed by atoms with Crippen molar-refractivity contribution in [2.24, 2.45) is 17.6 Å². The molecule has 2 aliphatic rings. The number of aliphatic carboxylic acids is 1. The second-order valence-corrected chi connectivity index (χ2v) is 5.77. The lowest BCUT2D eigenvalue weighted by atomic mass is 9.99. The summed E-state index contributed by atoms with van der Waals surface area (Å²) < 4.78 is 0. The van der Waals surface area contributed by atoms with Gasteiger partial charge in [0.25, 0.3) is 0 Å². The minimum absolute atomic E-state index is 0.383. The molecule has 2 rings (SSSR count). The van der Waals surface area contributed by atoms with E-state index in [-0.39, 0.29) is 0 Å². The summed E-state index contributed by atoms with van der Waals surface area (Å²) in [6, 6.07) is 0.383. The Morgan fingerprint density at radius 3 is 2.38 bits per heavy atom. The number of carboxylic acid groups (broad SMARTS) is 1. The number of carboxylic acids is 1. The van der Waals surface area contributed by atoms with Crippen molar-refractivity contribution in [2.75, 3.05) is 13.1 Å². The quantitative estimate of drug-likeness (QED) is 0.734. The number of nitrogens with zero attached hydrogens (tertiary/aromatic N) is 1. The maximum atomic E-state index is 11.1. The van der Waals surface area contributed by atoms with Gasteiger partial charge in [-0.3, -0.25) is 9.69 Å². The van der Waals surface area contributed by atoms with Crippen LogP contribution in [0.25, 0.3) is 0 Å². The van der Waals surface area contributed by atoms with Crippen LogP contribution in [0.1, 0.15) is 33.1 Å². The normalized spacial score (nSPS) is 45.1. The maximum Gasteiger partial charge on any atom is 0.323 e. The highest BCUT2D eigenvalue weighted by Gasteiger charge is 2.45. The van der Waals surface area contributed by atoms with Crippen LogP contribution < -0.4 is 5.73 Å². The van der Waals surface area contributed by atoms with Gasteiger partial charge < -0.3 is 10.8 Å². The largest absolute Gasteiger partial charge is 0.480 e. The van der Waals surface area contributed by atoms with Crippen molar-refractivity contribution >= 4 is 5.97 Å². The van der Waals surface area contributed by atoms with Crippen LogP contribution in [0.15, 0.2) is 0 Å². The Morgan fingerprint density at radius 2 is 1.94 bits per heavy atom. The van der Waals surface area contributed by atoms with E-state index in [9.17, 15) is 4.79 Å². The average Bonchev–Trinajstić information content (AvgIpc) is 2.73. The molecular weight excluding hydrogens is 204 g/mol. The first-order valence-corrected chi connectivity index (χ1v) is 6.19. The highest BCUT2D eigenvalue weighted by atomic mass is 16.4. The predicted molar refractivity (Wildman–Crippen MR) is 62.1 cm³/mol. The molecule has 1 saturated heterocycles. The van der Waals surface area contributed by atoms with E-state index < -0.39 is 11.5 Å². The highest BCUT2D eigenvalue weighted by Crippen LogP contribution is 2.35. The van der Waals surface area contributed by atoms with Gasteiger partial charge in [-0.2, -0.15) is 0 Å². The fraction of sp³-hybridized carbons (Fsp3) is 0.917. The predicted octanol–water partition coefficient (Wildman–Crippen LogP) is 0.909. The molecule has 92 valence electrons. The van der Waals surface area contributed by atoms with Gasteiger partial charge in [0.15, 0.2) is 0 Å². The molecule has 0 spiro atoms. The Hall–Kier alpha value is -0.610. The van der Waals surface area contributed by atoms with Crippen molar-refractivity contribution < 1.29 is 9.90 Å². The Balaban J connectivity index is 1.97. The fourth-order valence-electron chi connectivity index (χ4n) is 3.03. The van der Waals surface area contributed by atoms with E-state index in [1.807, 2.05) is 0 Å². The zero-order valence-corrected chi connectivity index (χ0v) is 10.1. The molecule has 3 N–H and O–H groups in total. The van der Waals surface area contributed by atoms with Crippen LogP contribution >= 0.6 is 0 Å². The van der Waals surface area contributed by atoms with Crippen LogP contribution in [0.4, 0.5) is 0 Å². The minimum atomic E-state index is -0.972. The van der Waals surface area contributed by atoms with Crippen LogP contribution in [-0.2, 0) is 4.79 Å². The maximum absolute atomic E-state index is 11.1. The molecule has 4 nitrogen and oxygen atoms in total. The van der Waals surface area contributed by atoms with E-state index in [0.717, 1.165) is 31.3 Å². The summed E-state index contributed by atoms with van der Waals surface area (Å²) in [7, 11) is 0. The van der Waals surface area contributed by atoms with Gasteiger partial charge in [-0.25, -0.2) is 0 Å². The third kappa shape index (κ3) is 1.96. The molecule has 0 aromatic rings. The summed E-state index contributed by atoms with van der Waals surface area (Å²) in [5.41, 5.74) is 4.93. The Bertz CT molecular complexity index is 285. The van der Waals surface area contributed by atoms with Crippen LogP contribution in [0.3, 0.4) is 0 Å². The number of likely N-dealkylation sites (tertiary alicyclic amines) is 1. The van der Waals surface area contributed by atoms with Crippen molar-refractivity contribution in [3.8, 4) is 0 Å². The summed E-state index contributed by atoms with van der Waals surface area (Å²) in [6.07, 6.45) is 2.16.